The molecule has 0 saturated heterocycles. The number of carbonyl (C=O) groups is 3. The largest absolute Gasteiger partial charge is 0.462 e. The molecule has 6 nitrogen and oxygen atoms in total. The summed E-state index contributed by atoms with van der Waals surface area (Å²) in [6.45, 7) is 3.48. The molecule has 154 valence electrons. The number of nitrogens with one attached hydrogen (secondary N) is 1. The van der Waals surface area contributed by atoms with E-state index in [0.29, 0.717) is 24.3 Å². The number of hydrogen-bond acceptors (Lipinski definition) is 4. The number of nitrogens with zero attached hydrogens (tertiary/aromatic N) is 1. The van der Waals surface area contributed by atoms with Gasteiger partial charge in [0, 0.05) is 30.2 Å². The molecule has 0 aliphatic rings. The molecule has 0 bridgehead atoms. The first-order valence-corrected chi connectivity index (χ1v) is 9.39. The van der Waals surface area contributed by atoms with Crippen LogP contribution in [0.5, 0.6) is 0 Å². The molecule has 0 radical (unpaired) electrons. The molecule has 2 amide bonds. The van der Waals surface area contributed by atoms with Crippen molar-refractivity contribution in [3.8, 4) is 0 Å². The number of amides is 2. The zero-order valence-corrected chi connectivity index (χ0v) is 17.1. The zero-order chi connectivity index (χ0) is 21.6. The van der Waals surface area contributed by atoms with Gasteiger partial charge in [0.2, 0.25) is 5.91 Å². The van der Waals surface area contributed by atoms with Crippen LogP contribution in [0.4, 0.5) is 10.1 Å². The van der Waals surface area contributed by atoms with Crippen molar-refractivity contribution in [2.24, 2.45) is 0 Å². The molecule has 2 aromatic carbocycles. The highest BCUT2D eigenvalue weighted by atomic mass is 35.5. The molecule has 1 atom stereocenters. The standard InChI is InChI=1S/C21H22ClFN2O4/c1-4-12-29-21(28)14-8-10-15(11-9-14)24-20(27)19(25(3)13(2)26)18-16(22)6-5-7-17(18)23/h5-11,19H,4,12H2,1-3H3,(H,24,27). The minimum absolute atomic E-state index is 0.0345. The highest BCUT2D eigenvalue weighted by Crippen LogP contribution is 2.30. The molecular weight excluding hydrogens is 399 g/mol. The summed E-state index contributed by atoms with van der Waals surface area (Å²) in [7, 11) is 1.39. The molecule has 0 saturated carbocycles. The van der Waals surface area contributed by atoms with Gasteiger partial charge in [-0.15, -0.1) is 0 Å². The molecule has 1 unspecified atom stereocenters. The second-order valence-electron chi connectivity index (χ2n) is 6.37. The second-order valence-corrected chi connectivity index (χ2v) is 6.78. The van der Waals surface area contributed by atoms with Crippen molar-refractivity contribution in [2.75, 3.05) is 19.0 Å². The third-order valence-electron chi connectivity index (χ3n) is 4.23. The van der Waals surface area contributed by atoms with Crippen LogP contribution in [0.15, 0.2) is 42.5 Å². The van der Waals surface area contributed by atoms with Crippen LogP contribution in [0.2, 0.25) is 5.02 Å². The highest BCUT2D eigenvalue weighted by Gasteiger charge is 2.31. The summed E-state index contributed by atoms with van der Waals surface area (Å²) in [6, 6.07) is 8.83. The number of rotatable bonds is 7. The smallest absolute Gasteiger partial charge is 0.338 e. The van der Waals surface area contributed by atoms with Gasteiger partial charge in [-0.1, -0.05) is 24.6 Å². The number of benzene rings is 2. The Morgan fingerprint density at radius 2 is 1.83 bits per heavy atom. The lowest BCUT2D eigenvalue weighted by atomic mass is 10.0. The summed E-state index contributed by atoms with van der Waals surface area (Å²) in [5, 5.41) is 2.66. The summed E-state index contributed by atoms with van der Waals surface area (Å²) in [5.41, 5.74) is 0.617. The van der Waals surface area contributed by atoms with Gasteiger partial charge in [-0.05, 0) is 42.8 Å². The predicted octanol–water partition coefficient (Wildman–Crippen LogP) is 4.20. The quantitative estimate of drug-likeness (QED) is 0.681. The van der Waals surface area contributed by atoms with Gasteiger partial charge >= 0.3 is 5.97 Å². The molecule has 8 heteroatoms. The fraction of sp³-hybridized carbons (Fsp3) is 0.286. The van der Waals surface area contributed by atoms with Crippen LogP contribution in [0.1, 0.15) is 42.2 Å². The molecule has 0 aliphatic carbocycles. The van der Waals surface area contributed by atoms with E-state index in [4.69, 9.17) is 16.3 Å². The average Bonchev–Trinajstić information content (AvgIpc) is 2.68. The molecule has 0 fully saturated rings. The van der Waals surface area contributed by atoms with Gasteiger partial charge in [0.15, 0.2) is 0 Å². The van der Waals surface area contributed by atoms with Crippen LogP contribution in [-0.2, 0) is 14.3 Å². The molecule has 0 spiro atoms. The van der Waals surface area contributed by atoms with Gasteiger partial charge in [0.25, 0.3) is 5.91 Å². The van der Waals surface area contributed by atoms with E-state index < -0.39 is 29.6 Å². The Morgan fingerprint density at radius 3 is 2.38 bits per heavy atom. The topological polar surface area (TPSA) is 75.7 Å². The lowest BCUT2D eigenvalue weighted by molar-refractivity contribution is -0.135. The summed E-state index contributed by atoms with van der Waals surface area (Å²) >= 11 is 6.11. The van der Waals surface area contributed by atoms with Crippen molar-refractivity contribution in [2.45, 2.75) is 26.3 Å². The van der Waals surface area contributed by atoms with E-state index in [1.54, 1.807) is 0 Å². The van der Waals surface area contributed by atoms with E-state index in [1.165, 1.54) is 56.4 Å². The van der Waals surface area contributed by atoms with Crippen molar-refractivity contribution >= 4 is 35.1 Å². The SMILES string of the molecule is CCCOC(=O)c1ccc(NC(=O)C(c2c(F)cccc2Cl)N(C)C(C)=O)cc1. The van der Waals surface area contributed by atoms with Gasteiger partial charge in [0.1, 0.15) is 11.9 Å². The predicted molar refractivity (Wildman–Crippen MR) is 108 cm³/mol. The van der Waals surface area contributed by atoms with Gasteiger partial charge < -0.3 is 15.0 Å². The Kier molecular flexibility index (Phi) is 7.73. The summed E-state index contributed by atoms with van der Waals surface area (Å²) in [5.74, 6) is -2.23. The average molecular weight is 421 g/mol. The van der Waals surface area contributed by atoms with Crippen molar-refractivity contribution in [3.05, 3.63) is 64.4 Å². The normalized spacial score (nSPS) is 11.5. The Labute approximate surface area is 173 Å². The fourth-order valence-corrected chi connectivity index (χ4v) is 2.90. The molecule has 2 aromatic rings. The monoisotopic (exact) mass is 420 g/mol. The molecule has 1 N–H and O–H groups in total. The van der Waals surface area contributed by atoms with Crippen LogP contribution in [0, 0.1) is 5.82 Å². The number of ether oxygens (including phenoxy) is 1. The molecule has 29 heavy (non-hydrogen) atoms. The van der Waals surface area contributed by atoms with Crippen LogP contribution >= 0.6 is 11.6 Å². The fourth-order valence-electron chi connectivity index (χ4n) is 2.63. The van der Waals surface area contributed by atoms with Crippen LogP contribution in [-0.4, -0.2) is 36.3 Å². The van der Waals surface area contributed by atoms with Crippen LogP contribution < -0.4 is 5.32 Å². The number of halogens is 2. The van der Waals surface area contributed by atoms with Crippen LogP contribution in [0.25, 0.3) is 0 Å². The summed E-state index contributed by atoms with van der Waals surface area (Å²) in [4.78, 5) is 37.7. The summed E-state index contributed by atoms with van der Waals surface area (Å²) in [6.07, 6.45) is 0.712. The highest BCUT2D eigenvalue weighted by molar-refractivity contribution is 6.31. The number of likely N-dealkylation sites (N-methyl/N-ethyl adjacent to an activating group) is 1. The maximum absolute atomic E-state index is 14.4. The van der Waals surface area contributed by atoms with Gasteiger partial charge in [-0.3, -0.25) is 9.59 Å². The first-order valence-electron chi connectivity index (χ1n) is 9.01. The summed E-state index contributed by atoms with van der Waals surface area (Å²) < 4.78 is 19.5. The Balaban J connectivity index is 2.26. The Morgan fingerprint density at radius 1 is 1.17 bits per heavy atom. The van der Waals surface area contributed by atoms with Gasteiger partial charge in [0.05, 0.1) is 12.2 Å². The van der Waals surface area contributed by atoms with Gasteiger partial charge in [-0.25, -0.2) is 9.18 Å². The van der Waals surface area contributed by atoms with E-state index in [9.17, 15) is 18.8 Å². The molecule has 0 heterocycles. The van der Waals surface area contributed by atoms with E-state index >= 15 is 0 Å². The van der Waals surface area contributed by atoms with E-state index in [2.05, 4.69) is 5.32 Å². The Hall–Kier alpha value is -2.93. The third kappa shape index (κ3) is 5.54. The first-order chi connectivity index (χ1) is 13.8. The minimum atomic E-state index is -1.27. The molecule has 0 aromatic heterocycles. The van der Waals surface area contributed by atoms with E-state index in [1.807, 2.05) is 6.92 Å². The van der Waals surface area contributed by atoms with E-state index in [0.717, 1.165) is 4.90 Å². The molecule has 2 rings (SSSR count). The maximum atomic E-state index is 14.4. The van der Waals surface area contributed by atoms with Crippen molar-refractivity contribution < 1.29 is 23.5 Å². The van der Waals surface area contributed by atoms with Crippen molar-refractivity contribution in [1.29, 1.82) is 0 Å². The number of carbonyl (C=O) groups excluding carboxylic acids is 3. The Bertz CT molecular complexity index is 882. The van der Waals surface area contributed by atoms with Crippen LogP contribution in [0.3, 0.4) is 0 Å². The van der Waals surface area contributed by atoms with Crippen molar-refractivity contribution in [1.82, 2.24) is 4.90 Å². The lowest BCUT2D eigenvalue weighted by Crippen LogP contribution is -2.38. The molecule has 0 aliphatic heterocycles. The minimum Gasteiger partial charge on any atom is -0.462 e. The van der Waals surface area contributed by atoms with E-state index in [-0.39, 0.29) is 10.6 Å². The van der Waals surface area contributed by atoms with Crippen molar-refractivity contribution in [3.63, 3.8) is 0 Å². The maximum Gasteiger partial charge on any atom is 0.338 e. The number of hydrogen-bond donors (Lipinski definition) is 1. The number of anilines is 1. The third-order valence-corrected chi connectivity index (χ3v) is 4.56. The van der Waals surface area contributed by atoms with Gasteiger partial charge in [-0.2, -0.15) is 0 Å². The lowest BCUT2D eigenvalue weighted by Gasteiger charge is -2.27. The first kappa shape index (κ1) is 22.4. The second kappa shape index (κ2) is 10.0. The number of esters is 1. The zero-order valence-electron chi connectivity index (χ0n) is 16.4. The molecular formula is C21H22ClFN2O4.